The fourth-order valence-corrected chi connectivity index (χ4v) is 2.43. The number of amides is 1. The Hall–Kier alpha value is -3.68. The lowest BCUT2D eigenvalue weighted by Crippen LogP contribution is -2.20. The van der Waals surface area contributed by atoms with Crippen molar-refractivity contribution in [1.29, 1.82) is 0 Å². The van der Waals surface area contributed by atoms with Crippen molar-refractivity contribution < 1.29 is 23.6 Å². The zero-order valence-electron chi connectivity index (χ0n) is 16.3. The molecule has 8 heteroatoms. The van der Waals surface area contributed by atoms with Gasteiger partial charge in [0.05, 0.1) is 12.7 Å². The van der Waals surface area contributed by atoms with Gasteiger partial charge in [0.1, 0.15) is 5.75 Å². The van der Waals surface area contributed by atoms with Gasteiger partial charge in [0.25, 0.3) is 11.8 Å². The minimum Gasteiger partial charge on any atom is -0.484 e. The van der Waals surface area contributed by atoms with Crippen LogP contribution < -0.4 is 10.1 Å². The second-order valence-corrected chi connectivity index (χ2v) is 6.54. The molecule has 0 saturated heterocycles. The van der Waals surface area contributed by atoms with E-state index < -0.39 is 5.97 Å². The molecule has 1 aromatic heterocycles. The number of methoxy groups -OCH3 is 1. The maximum absolute atomic E-state index is 12.1. The lowest BCUT2D eigenvalue weighted by molar-refractivity contribution is -0.118. The van der Waals surface area contributed by atoms with Crippen LogP contribution in [0.2, 0.25) is 0 Å². The highest BCUT2D eigenvalue weighted by Crippen LogP contribution is 2.22. The highest BCUT2D eigenvalue weighted by Gasteiger charge is 2.12. The third kappa shape index (κ3) is 5.19. The molecule has 0 unspecified atom stereocenters. The standard InChI is InChI=1S/C21H21N3O5/c1-13(2)19-23-20(29-24-19)14-6-10-17(11-7-14)28-12-18(25)22-16-8-4-15(5-9-16)21(26)27-3/h4-11,13H,12H2,1-3H3,(H,22,25). The van der Waals surface area contributed by atoms with Gasteiger partial charge in [-0.1, -0.05) is 19.0 Å². The predicted octanol–water partition coefficient (Wildman–Crippen LogP) is 3.66. The second kappa shape index (κ2) is 9.01. The van der Waals surface area contributed by atoms with Crippen LogP contribution in [0.1, 0.15) is 35.9 Å². The maximum atomic E-state index is 12.1. The van der Waals surface area contributed by atoms with Gasteiger partial charge in [-0.05, 0) is 48.5 Å². The molecule has 0 saturated carbocycles. The van der Waals surface area contributed by atoms with E-state index in [9.17, 15) is 9.59 Å². The van der Waals surface area contributed by atoms with Gasteiger partial charge in [-0.2, -0.15) is 4.98 Å². The summed E-state index contributed by atoms with van der Waals surface area (Å²) < 4.78 is 15.4. The molecule has 8 nitrogen and oxygen atoms in total. The molecule has 3 aromatic rings. The topological polar surface area (TPSA) is 104 Å². The molecular weight excluding hydrogens is 374 g/mol. The quantitative estimate of drug-likeness (QED) is 0.609. The van der Waals surface area contributed by atoms with Gasteiger partial charge >= 0.3 is 5.97 Å². The molecule has 0 bridgehead atoms. The Morgan fingerprint density at radius 3 is 2.34 bits per heavy atom. The van der Waals surface area contributed by atoms with Crippen molar-refractivity contribution in [2.75, 3.05) is 19.0 Å². The minimum absolute atomic E-state index is 0.157. The van der Waals surface area contributed by atoms with Gasteiger partial charge in [0.2, 0.25) is 0 Å². The van der Waals surface area contributed by atoms with Gasteiger partial charge in [-0.3, -0.25) is 4.79 Å². The number of ether oxygens (including phenoxy) is 2. The molecule has 0 aliphatic rings. The first-order valence-electron chi connectivity index (χ1n) is 9.01. The lowest BCUT2D eigenvalue weighted by Gasteiger charge is -2.08. The molecular formula is C21H21N3O5. The van der Waals surface area contributed by atoms with E-state index in [4.69, 9.17) is 9.26 Å². The average molecular weight is 395 g/mol. The van der Waals surface area contributed by atoms with Crippen molar-refractivity contribution in [3.05, 3.63) is 59.9 Å². The second-order valence-electron chi connectivity index (χ2n) is 6.54. The maximum Gasteiger partial charge on any atom is 0.337 e. The van der Waals surface area contributed by atoms with Crippen molar-refractivity contribution in [2.24, 2.45) is 0 Å². The van der Waals surface area contributed by atoms with Crippen molar-refractivity contribution in [3.63, 3.8) is 0 Å². The Kier molecular flexibility index (Phi) is 6.23. The van der Waals surface area contributed by atoms with Gasteiger partial charge in [-0.25, -0.2) is 4.79 Å². The zero-order valence-corrected chi connectivity index (χ0v) is 16.3. The van der Waals surface area contributed by atoms with Crippen molar-refractivity contribution in [3.8, 4) is 17.2 Å². The van der Waals surface area contributed by atoms with Crippen LogP contribution in [0, 0.1) is 0 Å². The van der Waals surface area contributed by atoms with Crippen LogP contribution >= 0.6 is 0 Å². The molecule has 1 N–H and O–H groups in total. The molecule has 150 valence electrons. The Balaban J connectivity index is 1.52. The number of carbonyl (C=O) groups excluding carboxylic acids is 2. The molecule has 0 fully saturated rings. The van der Waals surface area contributed by atoms with Crippen LogP contribution in [-0.2, 0) is 9.53 Å². The minimum atomic E-state index is -0.435. The van der Waals surface area contributed by atoms with E-state index in [2.05, 4.69) is 20.2 Å². The number of hydrogen-bond acceptors (Lipinski definition) is 7. The summed E-state index contributed by atoms with van der Waals surface area (Å²) in [5, 5.41) is 6.64. The molecule has 0 radical (unpaired) electrons. The highest BCUT2D eigenvalue weighted by molar-refractivity contribution is 5.93. The van der Waals surface area contributed by atoms with Crippen molar-refractivity contribution >= 4 is 17.6 Å². The first-order chi connectivity index (χ1) is 14.0. The number of hydrogen-bond donors (Lipinski definition) is 1. The summed E-state index contributed by atoms with van der Waals surface area (Å²) in [5.74, 6) is 1.05. The summed E-state index contributed by atoms with van der Waals surface area (Å²) in [6, 6.07) is 13.4. The number of nitrogens with zero attached hydrogens (tertiary/aromatic N) is 2. The van der Waals surface area contributed by atoms with Gasteiger partial charge < -0.3 is 19.3 Å². The summed E-state index contributed by atoms with van der Waals surface area (Å²) in [7, 11) is 1.31. The summed E-state index contributed by atoms with van der Waals surface area (Å²) in [4.78, 5) is 27.8. The van der Waals surface area contributed by atoms with Crippen LogP contribution in [0.3, 0.4) is 0 Å². The van der Waals surface area contributed by atoms with Crippen LogP contribution in [-0.4, -0.2) is 35.7 Å². The third-order valence-electron chi connectivity index (χ3n) is 4.02. The number of esters is 1. The number of benzene rings is 2. The third-order valence-corrected chi connectivity index (χ3v) is 4.02. The van der Waals surface area contributed by atoms with Crippen LogP contribution in [0.25, 0.3) is 11.5 Å². The van der Waals surface area contributed by atoms with Gasteiger partial charge in [0, 0.05) is 17.2 Å². The Morgan fingerprint density at radius 2 is 1.76 bits per heavy atom. The largest absolute Gasteiger partial charge is 0.484 e. The smallest absolute Gasteiger partial charge is 0.337 e. The van der Waals surface area contributed by atoms with Crippen molar-refractivity contribution in [2.45, 2.75) is 19.8 Å². The first-order valence-corrected chi connectivity index (χ1v) is 9.01. The molecule has 2 aromatic carbocycles. The van der Waals surface area contributed by atoms with Crippen molar-refractivity contribution in [1.82, 2.24) is 10.1 Å². The normalized spacial score (nSPS) is 10.6. The molecule has 29 heavy (non-hydrogen) atoms. The van der Waals surface area contributed by atoms with E-state index in [0.29, 0.717) is 28.7 Å². The lowest BCUT2D eigenvalue weighted by atomic mass is 10.2. The fourth-order valence-electron chi connectivity index (χ4n) is 2.43. The predicted molar refractivity (Wildman–Crippen MR) is 106 cm³/mol. The zero-order chi connectivity index (χ0) is 20.8. The average Bonchev–Trinajstić information content (AvgIpc) is 3.23. The monoisotopic (exact) mass is 395 g/mol. The number of aromatic nitrogens is 2. The first kappa shape index (κ1) is 20.1. The molecule has 0 spiro atoms. The number of nitrogens with one attached hydrogen (secondary N) is 1. The number of anilines is 1. The summed E-state index contributed by atoms with van der Waals surface area (Å²) in [5.41, 5.74) is 1.73. The van der Waals surface area contributed by atoms with E-state index in [-0.39, 0.29) is 18.4 Å². The van der Waals surface area contributed by atoms with E-state index in [1.165, 1.54) is 7.11 Å². The molecule has 1 heterocycles. The van der Waals surface area contributed by atoms with Crippen LogP contribution in [0.5, 0.6) is 5.75 Å². The van der Waals surface area contributed by atoms with E-state index >= 15 is 0 Å². The molecule has 1 amide bonds. The van der Waals surface area contributed by atoms with E-state index in [1.807, 2.05) is 13.8 Å². The highest BCUT2D eigenvalue weighted by atomic mass is 16.5. The molecule has 0 aliphatic heterocycles. The molecule has 3 rings (SSSR count). The van der Waals surface area contributed by atoms with E-state index in [0.717, 1.165) is 5.56 Å². The Labute approximate surface area is 167 Å². The van der Waals surface area contributed by atoms with E-state index in [1.54, 1.807) is 48.5 Å². The van der Waals surface area contributed by atoms with Crippen LogP contribution in [0.15, 0.2) is 53.1 Å². The number of carbonyl (C=O) groups is 2. The summed E-state index contributed by atoms with van der Waals surface area (Å²) in [6.07, 6.45) is 0. The summed E-state index contributed by atoms with van der Waals surface area (Å²) in [6.45, 7) is 3.82. The molecule has 0 atom stereocenters. The van der Waals surface area contributed by atoms with Gasteiger partial charge in [-0.15, -0.1) is 0 Å². The Bertz CT molecular complexity index is 978. The van der Waals surface area contributed by atoms with Crippen LogP contribution in [0.4, 0.5) is 5.69 Å². The summed E-state index contributed by atoms with van der Waals surface area (Å²) >= 11 is 0. The SMILES string of the molecule is COC(=O)c1ccc(NC(=O)COc2ccc(-c3nc(C(C)C)no3)cc2)cc1. The van der Waals surface area contributed by atoms with Gasteiger partial charge in [0.15, 0.2) is 12.4 Å². The molecule has 0 aliphatic carbocycles. The Morgan fingerprint density at radius 1 is 1.07 bits per heavy atom. The number of rotatable bonds is 7. The fraction of sp³-hybridized carbons (Fsp3) is 0.238.